The lowest BCUT2D eigenvalue weighted by Gasteiger charge is -2.21. The molecule has 6 nitrogen and oxygen atoms in total. The minimum atomic E-state index is -1.07. The maximum atomic E-state index is 12.6. The van der Waals surface area contributed by atoms with Crippen molar-refractivity contribution in [2.24, 2.45) is 5.41 Å². The van der Waals surface area contributed by atoms with Crippen LogP contribution in [0.1, 0.15) is 32.1 Å². The molecule has 1 saturated carbocycles. The van der Waals surface area contributed by atoms with E-state index in [1.807, 2.05) is 0 Å². The molecule has 6 heteroatoms. The van der Waals surface area contributed by atoms with Gasteiger partial charge in [0.2, 0.25) is 11.8 Å². The van der Waals surface area contributed by atoms with Gasteiger partial charge in [-0.2, -0.15) is 5.23 Å². The van der Waals surface area contributed by atoms with Gasteiger partial charge >= 0.3 is 0 Å². The third-order valence-electron chi connectivity index (χ3n) is 4.31. The Morgan fingerprint density at radius 1 is 1.25 bits per heavy atom. The van der Waals surface area contributed by atoms with Gasteiger partial charge in [0.15, 0.2) is 5.69 Å². The standard InChI is InChI=1S/C14H16N2O4/c17-12-9-14(6-1-2-7-14)13(18)15(12)10-4-3-5-11(8-10)16(19)20/h3-5,8,16,19H,1-2,6-7,9H2. The monoisotopic (exact) mass is 276 g/mol. The molecular weight excluding hydrogens is 260 g/mol. The fourth-order valence-corrected chi connectivity index (χ4v) is 3.28. The first-order valence-electron chi connectivity index (χ1n) is 6.74. The molecule has 1 unspecified atom stereocenters. The Hall–Kier alpha value is -1.76. The lowest BCUT2D eigenvalue weighted by atomic mass is 9.84. The van der Waals surface area contributed by atoms with Crippen LogP contribution in [0.2, 0.25) is 0 Å². The summed E-state index contributed by atoms with van der Waals surface area (Å²) in [5.74, 6) is -0.387. The van der Waals surface area contributed by atoms with Crippen molar-refractivity contribution in [3.8, 4) is 0 Å². The molecule has 0 aromatic heterocycles. The highest BCUT2D eigenvalue weighted by Gasteiger charge is 2.53. The minimum Gasteiger partial charge on any atom is -0.595 e. The van der Waals surface area contributed by atoms with Gasteiger partial charge in [0.25, 0.3) is 0 Å². The Morgan fingerprint density at radius 3 is 2.60 bits per heavy atom. The van der Waals surface area contributed by atoms with Crippen LogP contribution in [0.4, 0.5) is 11.4 Å². The predicted molar refractivity (Wildman–Crippen MR) is 70.2 cm³/mol. The van der Waals surface area contributed by atoms with Gasteiger partial charge < -0.3 is 5.21 Å². The number of carbonyl (C=O) groups excluding carboxylic acids is 2. The molecule has 0 radical (unpaired) electrons. The number of anilines is 1. The van der Waals surface area contributed by atoms with Crippen LogP contribution in [0.5, 0.6) is 0 Å². The molecular formula is C14H16N2O4. The van der Waals surface area contributed by atoms with E-state index in [4.69, 9.17) is 5.21 Å². The number of carbonyl (C=O) groups is 2. The summed E-state index contributed by atoms with van der Waals surface area (Å²) < 4.78 is 0. The number of imide groups is 1. The van der Waals surface area contributed by atoms with Crippen LogP contribution >= 0.6 is 0 Å². The number of nitrogens with zero attached hydrogens (tertiary/aromatic N) is 1. The molecule has 0 bridgehead atoms. The Bertz CT molecular complexity index is 564. The lowest BCUT2D eigenvalue weighted by Crippen LogP contribution is -2.99. The Morgan fingerprint density at radius 2 is 1.95 bits per heavy atom. The Labute approximate surface area is 116 Å². The van der Waals surface area contributed by atoms with Gasteiger partial charge in [-0.05, 0) is 18.9 Å². The third kappa shape index (κ3) is 1.93. The first-order valence-corrected chi connectivity index (χ1v) is 6.74. The molecule has 20 heavy (non-hydrogen) atoms. The molecule has 1 aromatic carbocycles. The van der Waals surface area contributed by atoms with E-state index in [1.54, 1.807) is 12.1 Å². The number of nitrogens with one attached hydrogen (secondary N) is 1. The van der Waals surface area contributed by atoms with Gasteiger partial charge in [-0.3, -0.25) is 9.59 Å². The average molecular weight is 276 g/mol. The highest BCUT2D eigenvalue weighted by atomic mass is 16.8. The number of amides is 2. The molecule has 2 fully saturated rings. The van der Waals surface area contributed by atoms with Gasteiger partial charge in [0.1, 0.15) is 0 Å². The first-order chi connectivity index (χ1) is 9.53. The zero-order valence-corrected chi connectivity index (χ0v) is 11.0. The van der Waals surface area contributed by atoms with Crippen LogP contribution in [0.3, 0.4) is 0 Å². The minimum absolute atomic E-state index is 0.0791. The number of rotatable bonds is 2. The van der Waals surface area contributed by atoms with Crippen LogP contribution < -0.4 is 10.1 Å². The van der Waals surface area contributed by atoms with E-state index in [9.17, 15) is 14.8 Å². The van der Waals surface area contributed by atoms with Gasteiger partial charge in [-0.15, -0.1) is 0 Å². The Balaban J connectivity index is 1.96. The second-order valence-corrected chi connectivity index (χ2v) is 5.55. The fourth-order valence-electron chi connectivity index (χ4n) is 3.28. The number of hydrogen-bond donors (Lipinski definition) is 2. The van der Waals surface area contributed by atoms with Gasteiger partial charge in [-0.25, -0.2) is 10.1 Å². The van der Waals surface area contributed by atoms with E-state index in [2.05, 4.69) is 0 Å². The molecule has 1 aliphatic carbocycles. The molecule has 1 aliphatic heterocycles. The van der Waals surface area contributed by atoms with Gasteiger partial charge in [0.05, 0.1) is 11.1 Å². The topological polar surface area (TPSA) is 85.1 Å². The third-order valence-corrected chi connectivity index (χ3v) is 4.31. The first kappa shape index (κ1) is 13.2. The average Bonchev–Trinajstić information content (AvgIpc) is 2.97. The molecule has 3 rings (SSSR count). The number of quaternary nitrogens is 1. The normalized spacial score (nSPS) is 22.8. The van der Waals surface area contributed by atoms with Crippen molar-refractivity contribution in [1.29, 1.82) is 0 Å². The van der Waals surface area contributed by atoms with Crippen LogP contribution in [0.15, 0.2) is 24.3 Å². The zero-order valence-electron chi connectivity index (χ0n) is 11.0. The smallest absolute Gasteiger partial charge is 0.240 e. The summed E-state index contributed by atoms with van der Waals surface area (Å²) in [6.45, 7) is 0. The van der Waals surface area contributed by atoms with Crippen molar-refractivity contribution < 1.29 is 20.0 Å². The summed E-state index contributed by atoms with van der Waals surface area (Å²) in [5, 5.41) is 18.9. The van der Waals surface area contributed by atoms with Crippen molar-refractivity contribution in [1.82, 2.24) is 0 Å². The molecule has 1 spiro atoms. The molecule has 2 amide bonds. The molecule has 1 heterocycles. The van der Waals surface area contributed by atoms with E-state index < -0.39 is 10.6 Å². The van der Waals surface area contributed by atoms with Crippen molar-refractivity contribution in [3.05, 3.63) is 29.5 Å². The van der Waals surface area contributed by atoms with E-state index in [-0.39, 0.29) is 23.9 Å². The van der Waals surface area contributed by atoms with Crippen molar-refractivity contribution in [2.75, 3.05) is 4.90 Å². The molecule has 2 aliphatic rings. The van der Waals surface area contributed by atoms with E-state index in [1.165, 1.54) is 12.1 Å². The second kappa shape index (κ2) is 4.66. The maximum Gasteiger partial charge on any atom is 0.240 e. The van der Waals surface area contributed by atoms with E-state index >= 15 is 0 Å². The fraction of sp³-hybridized carbons (Fsp3) is 0.429. The molecule has 1 saturated heterocycles. The van der Waals surface area contributed by atoms with Crippen LogP contribution in [0.25, 0.3) is 0 Å². The van der Waals surface area contributed by atoms with Gasteiger partial charge in [-0.1, -0.05) is 18.9 Å². The van der Waals surface area contributed by atoms with Crippen LogP contribution in [-0.2, 0) is 9.59 Å². The largest absolute Gasteiger partial charge is 0.595 e. The van der Waals surface area contributed by atoms with Gasteiger partial charge in [0, 0.05) is 18.6 Å². The number of hydrogen-bond acceptors (Lipinski definition) is 4. The Kier molecular flexibility index (Phi) is 3.08. The van der Waals surface area contributed by atoms with Crippen molar-refractivity contribution in [2.45, 2.75) is 32.1 Å². The van der Waals surface area contributed by atoms with Crippen molar-refractivity contribution >= 4 is 23.2 Å². The highest BCUT2D eigenvalue weighted by Crippen LogP contribution is 2.47. The SMILES string of the molecule is O=C1CC2(CCCC2)C(=O)N1c1cccc([NH+]([O-])O)c1. The summed E-state index contributed by atoms with van der Waals surface area (Å²) in [6, 6.07) is 5.99. The quantitative estimate of drug-likeness (QED) is 0.621. The summed E-state index contributed by atoms with van der Waals surface area (Å²) in [4.78, 5) is 25.9. The zero-order chi connectivity index (χ0) is 14.3. The number of benzene rings is 1. The lowest BCUT2D eigenvalue weighted by molar-refractivity contribution is -0.991. The predicted octanol–water partition coefficient (Wildman–Crippen LogP) is 0.914. The van der Waals surface area contributed by atoms with Crippen LogP contribution in [0, 0.1) is 10.6 Å². The highest BCUT2D eigenvalue weighted by molar-refractivity contribution is 6.22. The summed E-state index contributed by atoms with van der Waals surface area (Å²) in [7, 11) is 0. The van der Waals surface area contributed by atoms with E-state index in [0.717, 1.165) is 30.6 Å². The molecule has 1 aromatic rings. The summed E-state index contributed by atoms with van der Waals surface area (Å²) >= 11 is 0. The van der Waals surface area contributed by atoms with Crippen LogP contribution in [-0.4, -0.2) is 17.0 Å². The summed E-state index contributed by atoms with van der Waals surface area (Å²) in [5.41, 5.74) is -0.0878. The maximum absolute atomic E-state index is 12.6. The molecule has 2 N–H and O–H groups in total. The van der Waals surface area contributed by atoms with E-state index in [0.29, 0.717) is 5.69 Å². The second-order valence-electron chi connectivity index (χ2n) is 5.55. The van der Waals surface area contributed by atoms with Crippen molar-refractivity contribution in [3.63, 3.8) is 0 Å². The summed E-state index contributed by atoms with van der Waals surface area (Å²) in [6.07, 6.45) is 3.71. The molecule has 106 valence electrons. The molecule has 1 atom stereocenters.